The van der Waals surface area contributed by atoms with Crippen molar-refractivity contribution in [2.45, 2.75) is 36.9 Å². The van der Waals surface area contributed by atoms with E-state index < -0.39 is 16.2 Å². The normalized spacial score (nSPS) is 23.5. The van der Waals surface area contributed by atoms with Crippen LogP contribution in [0.4, 0.5) is 0 Å². The van der Waals surface area contributed by atoms with Crippen LogP contribution in [0.25, 0.3) is 0 Å². The van der Waals surface area contributed by atoms with Gasteiger partial charge in [-0.3, -0.25) is 4.68 Å². The first-order chi connectivity index (χ1) is 8.03. The molecular weight excluding hydrogens is 240 g/mol. The van der Waals surface area contributed by atoms with Crippen LogP contribution in [0.1, 0.15) is 25.7 Å². The van der Waals surface area contributed by atoms with Crippen LogP contribution < -0.4 is 5.73 Å². The molecule has 2 rings (SSSR count). The fourth-order valence-electron chi connectivity index (χ4n) is 2.14. The molecule has 1 aliphatic rings. The molecule has 96 valence electrons. The largest absolute Gasteiger partial charge is 0.315 e. The van der Waals surface area contributed by atoms with Crippen molar-refractivity contribution in [2.75, 3.05) is 6.54 Å². The minimum absolute atomic E-state index is 0.204. The second-order valence-corrected chi connectivity index (χ2v) is 6.16. The molecule has 0 amide bonds. The SMILES string of the molecule is Cn1nccc1S(=O)(=O)N1CCCCCC1N. The first-order valence-corrected chi connectivity index (χ1v) is 7.23. The number of hydrogen-bond acceptors (Lipinski definition) is 4. The smallest absolute Gasteiger partial charge is 0.261 e. The molecule has 0 saturated carbocycles. The highest BCUT2D eigenvalue weighted by Gasteiger charge is 2.32. The maximum atomic E-state index is 12.4. The molecule has 6 nitrogen and oxygen atoms in total. The highest BCUT2D eigenvalue weighted by Crippen LogP contribution is 2.21. The van der Waals surface area contributed by atoms with Crippen molar-refractivity contribution < 1.29 is 8.42 Å². The summed E-state index contributed by atoms with van der Waals surface area (Å²) < 4.78 is 27.6. The number of aryl methyl sites for hydroxylation is 1. The van der Waals surface area contributed by atoms with E-state index in [0.29, 0.717) is 6.54 Å². The van der Waals surface area contributed by atoms with Crippen LogP contribution in [-0.4, -0.2) is 35.2 Å². The maximum Gasteiger partial charge on any atom is 0.261 e. The van der Waals surface area contributed by atoms with Gasteiger partial charge in [-0.05, 0) is 18.9 Å². The summed E-state index contributed by atoms with van der Waals surface area (Å²) in [4.78, 5) is 0. The molecule has 1 aromatic heterocycles. The Morgan fingerprint density at radius 1 is 1.41 bits per heavy atom. The molecule has 0 aliphatic carbocycles. The molecule has 1 aliphatic heterocycles. The third-order valence-electron chi connectivity index (χ3n) is 3.10. The van der Waals surface area contributed by atoms with Crippen molar-refractivity contribution in [1.82, 2.24) is 14.1 Å². The molecule has 2 heterocycles. The van der Waals surface area contributed by atoms with Crippen LogP contribution in [0.15, 0.2) is 17.3 Å². The van der Waals surface area contributed by atoms with Gasteiger partial charge < -0.3 is 5.73 Å². The number of hydrogen-bond donors (Lipinski definition) is 1. The van der Waals surface area contributed by atoms with Gasteiger partial charge in [0.05, 0.1) is 12.4 Å². The lowest BCUT2D eigenvalue weighted by atomic mass is 10.2. The summed E-state index contributed by atoms with van der Waals surface area (Å²) in [6, 6.07) is 1.51. The Balaban J connectivity index is 2.34. The first kappa shape index (κ1) is 12.5. The Kier molecular flexibility index (Phi) is 3.50. The van der Waals surface area contributed by atoms with Gasteiger partial charge in [0.1, 0.15) is 0 Å². The van der Waals surface area contributed by atoms with E-state index in [0.717, 1.165) is 25.7 Å². The number of sulfonamides is 1. The van der Waals surface area contributed by atoms with Crippen LogP contribution in [0.2, 0.25) is 0 Å². The molecule has 0 aromatic carbocycles. The first-order valence-electron chi connectivity index (χ1n) is 5.79. The third kappa shape index (κ3) is 2.36. The summed E-state index contributed by atoms with van der Waals surface area (Å²) >= 11 is 0. The molecule has 2 N–H and O–H groups in total. The predicted molar refractivity (Wildman–Crippen MR) is 63.5 cm³/mol. The van der Waals surface area contributed by atoms with Gasteiger partial charge >= 0.3 is 0 Å². The van der Waals surface area contributed by atoms with Crippen molar-refractivity contribution in [3.05, 3.63) is 12.3 Å². The molecule has 1 atom stereocenters. The molecule has 1 aromatic rings. The van der Waals surface area contributed by atoms with Crippen LogP contribution >= 0.6 is 0 Å². The minimum Gasteiger partial charge on any atom is -0.315 e. The highest BCUT2D eigenvalue weighted by atomic mass is 32.2. The quantitative estimate of drug-likeness (QED) is 0.825. The number of rotatable bonds is 2. The fourth-order valence-corrected chi connectivity index (χ4v) is 3.83. The average Bonchev–Trinajstić information content (AvgIpc) is 2.57. The average molecular weight is 258 g/mol. The summed E-state index contributed by atoms with van der Waals surface area (Å²) in [5, 5.41) is 4.10. The molecule has 1 unspecified atom stereocenters. The van der Waals surface area contributed by atoms with E-state index in [2.05, 4.69) is 5.10 Å². The summed E-state index contributed by atoms with van der Waals surface area (Å²) in [7, 11) is -1.89. The van der Waals surface area contributed by atoms with E-state index in [9.17, 15) is 8.42 Å². The van der Waals surface area contributed by atoms with Crippen molar-refractivity contribution in [3.63, 3.8) is 0 Å². The maximum absolute atomic E-state index is 12.4. The second kappa shape index (κ2) is 4.75. The van der Waals surface area contributed by atoms with Crippen molar-refractivity contribution in [1.29, 1.82) is 0 Å². The van der Waals surface area contributed by atoms with Crippen molar-refractivity contribution in [3.8, 4) is 0 Å². The molecule has 0 radical (unpaired) electrons. The summed E-state index contributed by atoms with van der Waals surface area (Å²) in [5.74, 6) is 0. The number of aromatic nitrogens is 2. The van der Waals surface area contributed by atoms with E-state index in [1.54, 1.807) is 7.05 Å². The zero-order chi connectivity index (χ0) is 12.5. The Morgan fingerprint density at radius 3 is 2.82 bits per heavy atom. The van der Waals surface area contributed by atoms with Gasteiger partial charge in [-0.15, -0.1) is 0 Å². The summed E-state index contributed by atoms with van der Waals surface area (Å²) in [5.41, 5.74) is 5.94. The Bertz CT molecular complexity index is 482. The molecule has 17 heavy (non-hydrogen) atoms. The second-order valence-electron chi connectivity index (χ2n) is 4.33. The Hall–Kier alpha value is -0.920. The monoisotopic (exact) mass is 258 g/mol. The van der Waals surface area contributed by atoms with Crippen LogP contribution in [0.3, 0.4) is 0 Å². The molecule has 0 bridgehead atoms. The topological polar surface area (TPSA) is 81.2 Å². The summed E-state index contributed by atoms with van der Waals surface area (Å²) in [6.45, 7) is 0.495. The third-order valence-corrected chi connectivity index (χ3v) is 5.10. The lowest BCUT2D eigenvalue weighted by Gasteiger charge is -2.25. The van der Waals surface area contributed by atoms with E-state index in [1.807, 2.05) is 0 Å². The van der Waals surface area contributed by atoms with Gasteiger partial charge in [-0.1, -0.05) is 12.8 Å². The zero-order valence-electron chi connectivity index (χ0n) is 9.91. The lowest BCUT2D eigenvalue weighted by Crippen LogP contribution is -2.45. The number of nitrogens with zero attached hydrogens (tertiary/aromatic N) is 3. The van der Waals surface area contributed by atoms with Crippen molar-refractivity contribution in [2.24, 2.45) is 12.8 Å². The lowest BCUT2D eigenvalue weighted by molar-refractivity contribution is 0.327. The van der Waals surface area contributed by atoms with Gasteiger partial charge in [0.25, 0.3) is 10.0 Å². The number of nitrogens with two attached hydrogens (primary N) is 1. The van der Waals surface area contributed by atoms with Crippen LogP contribution in [0.5, 0.6) is 0 Å². The predicted octanol–water partition coefficient (Wildman–Crippen LogP) is 0.270. The van der Waals surface area contributed by atoms with Gasteiger partial charge in [0, 0.05) is 13.6 Å². The van der Waals surface area contributed by atoms with Gasteiger partial charge in [0.15, 0.2) is 5.03 Å². The van der Waals surface area contributed by atoms with Gasteiger partial charge in [-0.2, -0.15) is 9.40 Å². The molecule has 1 fully saturated rings. The molecule has 1 saturated heterocycles. The fraction of sp³-hybridized carbons (Fsp3) is 0.700. The minimum atomic E-state index is -3.51. The Morgan fingerprint density at radius 2 is 2.18 bits per heavy atom. The Labute approximate surface area is 101 Å². The van der Waals surface area contributed by atoms with E-state index in [-0.39, 0.29) is 5.03 Å². The van der Waals surface area contributed by atoms with Crippen molar-refractivity contribution >= 4 is 10.0 Å². The standard InChI is InChI=1S/C10H18N4O2S/c1-13-10(6-7-12-13)17(15,16)14-8-4-2-3-5-9(14)11/h6-7,9H,2-5,8,11H2,1H3. The van der Waals surface area contributed by atoms with Gasteiger partial charge in [0.2, 0.25) is 0 Å². The molecular formula is C10H18N4O2S. The van der Waals surface area contributed by atoms with E-state index in [1.165, 1.54) is 21.3 Å². The van der Waals surface area contributed by atoms with E-state index >= 15 is 0 Å². The molecule has 7 heteroatoms. The zero-order valence-corrected chi connectivity index (χ0v) is 10.7. The summed E-state index contributed by atoms with van der Waals surface area (Å²) in [6.07, 6.45) is 4.67. The van der Waals surface area contributed by atoms with E-state index in [4.69, 9.17) is 5.73 Å². The van der Waals surface area contributed by atoms with Crippen LogP contribution in [-0.2, 0) is 17.1 Å². The molecule has 0 spiro atoms. The highest BCUT2D eigenvalue weighted by molar-refractivity contribution is 7.89. The van der Waals surface area contributed by atoms with Crippen LogP contribution in [0, 0.1) is 0 Å². The van der Waals surface area contributed by atoms with Gasteiger partial charge in [-0.25, -0.2) is 8.42 Å².